The second-order valence-corrected chi connectivity index (χ2v) is 23.8. The summed E-state index contributed by atoms with van der Waals surface area (Å²) in [6.45, 7) is 5.65. The lowest BCUT2D eigenvalue weighted by Crippen LogP contribution is -2.75. The van der Waals surface area contributed by atoms with Crippen molar-refractivity contribution in [2.75, 3.05) is 32.9 Å². The number of aromatic nitrogens is 2. The van der Waals surface area contributed by atoms with E-state index in [2.05, 4.69) is 26.6 Å². The molecular weight excluding hydrogens is 1160 g/mol. The number of benzene rings is 2. The van der Waals surface area contributed by atoms with E-state index in [1.807, 2.05) is 0 Å². The van der Waals surface area contributed by atoms with E-state index in [-0.39, 0.29) is 110 Å². The molecule has 4 aromatic rings. The molecule has 2 aromatic heterocycles. The fraction of sp³-hybridized carbons (Fsp3) is 0.542. The quantitative estimate of drug-likeness (QED) is 0.0302. The standard InChI is InChI=1S/C59H71FN8O20/c1-6-57(80)32-18-39-46-30(20-68(39)50(73)31(32)22-84-53(57)77)45-35(15-14-29-27(2)33(60)19-36(65-46)44(29)45)66-54(78)85-21-28-10-7-8-12-40(28)87-59(81)41(69)25-86-58(51(59)74,52(75)76)26-63-42(70)16-17-62-49(72)34(61)11-9-13-43(71)64-37-23-82-48-38(24-83-47(37)48)67-55(79)88-56(3,4)5/h7-8,10,12,18-19,34-35,37-38,41,47-48,51,69,74,80-81H,6,9,11,13-17,20-26,61H2,1-5H3,(H,62,72)(H,63,70)(H,64,71)(H,66,78)(H,67,79)(H,75,76)/t34-,35-,37-,38-,41?,47+,48+,51?,57-,58?,59?/m0/s1. The van der Waals surface area contributed by atoms with Crippen LogP contribution in [-0.4, -0.2) is 169 Å². The Balaban J connectivity index is 0.724. The molecule has 10 rings (SSSR count). The minimum atomic E-state index is -3.13. The lowest BCUT2D eigenvalue weighted by atomic mass is 9.81. The zero-order valence-electron chi connectivity index (χ0n) is 48.9. The number of carboxylic acids is 1. The molecule has 7 heterocycles. The molecule has 0 spiro atoms. The van der Waals surface area contributed by atoms with Crippen molar-refractivity contribution < 1.29 is 96.6 Å². The number of carbonyl (C=O) groups is 7. The molecule has 5 aliphatic heterocycles. The Labute approximate surface area is 501 Å². The zero-order valence-corrected chi connectivity index (χ0v) is 48.9. The van der Waals surface area contributed by atoms with Gasteiger partial charge in [-0.05, 0) is 88.6 Å². The molecule has 29 heteroatoms. The van der Waals surface area contributed by atoms with Crippen LogP contribution >= 0.6 is 0 Å². The second kappa shape index (κ2) is 24.6. The van der Waals surface area contributed by atoms with Crippen molar-refractivity contribution in [3.05, 3.63) is 91.5 Å². The maximum atomic E-state index is 15.5. The summed E-state index contributed by atoms with van der Waals surface area (Å²) >= 11 is 0. The topological polar surface area (TPSA) is 406 Å². The number of rotatable bonds is 19. The van der Waals surface area contributed by atoms with Crippen LogP contribution in [0.5, 0.6) is 5.75 Å². The average molecular weight is 1230 g/mol. The fourth-order valence-corrected chi connectivity index (χ4v) is 12.2. The smallest absolute Gasteiger partial charge is 0.408 e. The highest BCUT2D eigenvalue weighted by molar-refractivity contribution is 5.94. The van der Waals surface area contributed by atoms with Crippen molar-refractivity contribution in [3.8, 4) is 17.1 Å². The lowest BCUT2D eigenvalue weighted by molar-refractivity contribution is -0.337. The van der Waals surface area contributed by atoms with Crippen molar-refractivity contribution in [1.82, 2.24) is 36.1 Å². The van der Waals surface area contributed by atoms with E-state index in [0.717, 1.165) is 0 Å². The predicted octanol–water partition coefficient (Wildman–Crippen LogP) is 0.379. The number of fused-ring (bicyclic) bond motifs is 6. The Hall–Kier alpha value is -7.90. The number of alkyl carbamates (subject to hydrolysis) is 2. The number of hydrogen-bond acceptors (Lipinski definition) is 21. The molecule has 0 radical (unpaired) electrons. The number of aliphatic hydroxyl groups excluding tert-OH is 2. The summed E-state index contributed by atoms with van der Waals surface area (Å²) in [6, 6.07) is 5.67. The van der Waals surface area contributed by atoms with Gasteiger partial charge < -0.3 is 95.6 Å². The maximum Gasteiger partial charge on any atom is 0.408 e. The van der Waals surface area contributed by atoms with Crippen molar-refractivity contribution in [2.45, 2.75) is 170 Å². The molecule has 12 N–H and O–H groups in total. The minimum absolute atomic E-state index is 0.0121. The molecule has 3 fully saturated rings. The highest BCUT2D eigenvalue weighted by atomic mass is 19.1. The zero-order chi connectivity index (χ0) is 63.4. The van der Waals surface area contributed by atoms with Crippen LogP contribution < -0.4 is 42.6 Å². The third kappa shape index (κ3) is 12.0. The number of nitrogens with two attached hydrogens (primary N) is 1. The number of amides is 5. The summed E-state index contributed by atoms with van der Waals surface area (Å²) < 4.78 is 56.1. The average Bonchev–Trinajstić information content (AvgIpc) is 1.44. The second-order valence-electron chi connectivity index (χ2n) is 23.8. The van der Waals surface area contributed by atoms with Crippen LogP contribution in [0, 0.1) is 12.7 Å². The number of pyridine rings is 2. The largest absolute Gasteiger partial charge is 0.479 e. The van der Waals surface area contributed by atoms with Crippen LogP contribution in [0.25, 0.3) is 22.3 Å². The Kier molecular flexibility index (Phi) is 17.6. The van der Waals surface area contributed by atoms with Gasteiger partial charge in [-0.1, -0.05) is 25.1 Å². The number of cyclic esters (lactones) is 1. The Morgan fingerprint density at radius 1 is 0.920 bits per heavy atom. The SMILES string of the molecule is CC[C@@]1(O)C(=O)OCc2c1cc1n(c2=O)Cc2c-1nc1cc(F)c(C)c3c1c2[C@@H](NC(=O)OCc1ccccc1OC1(O)C(O)COC(CNC(=O)CCNC(=O)[C@@H](N)CCCC(=O)N[C@H]2CO[C@H]4[C@@H]2OC[C@@H]4NC(=O)OC(C)(C)C)(C(=O)O)C1O)CC3. The van der Waals surface area contributed by atoms with E-state index in [9.17, 15) is 63.9 Å². The van der Waals surface area contributed by atoms with E-state index in [1.165, 1.54) is 41.0 Å². The summed E-state index contributed by atoms with van der Waals surface area (Å²) in [6.07, 6.45) is -6.88. The summed E-state index contributed by atoms with van der Waals surface area (Å²) in [5, 5.41) is 70.4. The van der Waals surface area contributed by atoms with Crippen molar-refractivity contribution in [1.29, 1.82) is 0 Å². The number of ether oxygens (including phenoxy) is 7. The molecule has 0 bridgehead atoms. The van der Waals surface area contributed by atoms with E-state index in [1.54, 1.807) is 34.6 Å². The molecule has 474 valence electrons. The van der Waals surface area contributed by atoms with Gasteiger partial charge in [-0.3, -0.25) is 19.2 Å². The summed E-state index contributed by atoms with van der Waals surface area (Å²) in [4.78, 5) is 110. The number of hydrogen-bond donors (Lipinski definition) is 11. The van der Waals surface area contributed by atoms with E-state index >= 15 is 4.39 Å². The van der Waals surface area contributed by atoms with Crippen molar-refractivity contribution in [2.24, 2.45) is 5.73 Å². The number of carboxylic acid groups (broad SMARTS) is 1. The first-order valence-corrected chi connectivity index (χ1v) is 29.0. The van der Waals surface area contributed by atoms with Crippen molar-refractivity contribution >= 4 is 52.7 Å². The molecule has 2 aromatic carbocycles. The van der Waals surface area contributed by atoms with Gasteiger partial charge in [-0.25, -0.2) is 28.6 Å². The molecule has 28 nitrogen and oxygen atoms in total. The van der Waals surface area contributed by atoms with Crippen LogP contribution in [0.15, 0.2) is 41.2 Å². The molecule has 88 heavy (non-hydrogen) atoms. The number of nitrogens with zero attached hydrogens (tertiary/aromatic N) is 2. The highest BCUT2D eigenvalue weighted by Gasteiger charge is 2.65. The number of esters is 1. The maximum absolute atomic E-state index is 15.5. The Bertz CT molecular complexity index is 3540. The van der Waals surface area contributed by atoms with Crippen LogP contribution in [0.1, 0.15) is 111 Å². The van der Waals surface area contributed by atoms with Crippen LogP contribution in [0.3, 0.4) is 0 Å². The molecular formula is C59H71FN8O20. The third-order valence-corrected chi connectivity index (χ3v) is 17.0. The van der Waals surface area contributed by atoms with Gasteiger partial charge >= 0.3 is 24.1 Å². The van der Waals surface area contributed by atoms with Crippen molar-refractivity contribution in [3.63, 3.8) is 0 Å². The molecule has 1 aliphatic carbocycles. The molecule has 5 amide bonds. The van der Waals surface area contributed by atoms with E-state index in [0.29, 0.717) is 34.1 Å². The summed E-state index contributed by atoms with van der Waals surface area (Å²) in [5.74, 6) is -8.49. The molecule has 11 atom stereocenters. The summed E-state index contributed by atoms with van der Waals surface area (Å²) in [5.41, 5.74) is 3.09. The Morgan fingerprint density at radius 3 is 2.34 bits per heavy atom. The van der Waals surface area contributed by atoms with E-state index in [4.69, 9.17) is 43.9 Å². The highest BCUT2D eigenvalue weighted by Crippen LogP contribution is 2.46. The number of carbonyl (C=O) groups excluding carboxylic acids is 6. The number of aryl methyl sites for hydroxylation is 1. The molecule has 3 saturated heterocycles. The normalized spacial score (nSPS) is 26.9. The van der Waals surface area contributed by atoms with Gasteiger partial charge in [0.25, 0.3) is 11.3 Å². The van der Waals surface area contributed by atoms with Gasteiger partial charge in [0.05, 0.1) is 79.5 Å². The molecule has 0 saturated carbocycles. The van der Waals surface area contributed by atoms with Gasteiger partial charge in [0.15, 0.2) is 11.7 Å². The molecule has 4 unspecified atom stereocenters. The van der Waals surface area contributed by atoms with Crippen LogP contribution in [0.4, 0.5) is 14.0 Å². The van der Waals surface area contributed by atoms with Gasteiger partial charge in [-0.2, -0.15) is 0 Å². The van der Waals surface area contributed by atoms with E-state index < -0.39 is 145 Å². The number of aliphatic hydroxyl groups is 4. The first-order chi connectivity index (χ1) is 41.7. The first kappa shape index (κ1) is 63.1. The summed E-state index contributed by atoms with van der Waals surface area (Å²) in [7, 11) is 0. The van der Waals surface area contributed by atoms with Gasteiger partial charge in [-0.15, -0.1) is 0 Å². The number of nitrogens with one attached hydrogen (secondary N) is 5. The molecule has 6 aliphatic rings. The monoisotopic (exact) mass is 1230 g/mol. The number of aliphatic carboxylic acids is 1. The van der Waals surface area contributed by atoms with Gasteiger partial charge in [0, 0.05) is 47.5 Å². The van der Waals surface area contributed by atoms with Gasteiger partial charge in [0.2, 0.25) is 23.3 Å². The van der Waals surface area contributed by atoms with Crippen LogP contribution in [0.2, 0.25) is 0 Å². The predicted molar refractivity (Wildman–Crippen MR) is 301 cm³/mol. The van der Waals surface area contributed by atoms with Crippen LogP contribution in [-0.2, 0) is 84.2 Å². The Morgan fingerprint density at radius 2 is 1.64 bits per heavy atom. The minimum Gasteiger partial charge on any atom is -0.479 e. The third-order valence-electron chi connectivity index (χ3n) is 17.0. The lowest BCUT2D eigenvalue weighted by Gasteiger charge is -2.48. The fourth-order valence-electron chi connectivity index (χ4n) is 12.2. The number of halogens is 1. The number of para-hydroxylation sites is 1. The first-order valence-electron chi connectivity index (χ1n) is 29.0. The van der Waals surface area contributed by atoms with Gasteiger partial charge in [0.1, 0.15) is 48.7 Å².